The summed E-state index contributed by atoms with van der Waals surface area (Å²) in [7, 11) is 2.01. The zero-order valence-electron chi connectivity index (χ0n) is 14.7. The first-order valence-corrected chi connectivity index (χ1v) is 8.39. The average molecular weight is 328 g/mol. The molecule has 6 heteroatoms. The molecular weight excluding hydrogens is 304 g/mol. The summed E-state index contributed by atoms with van der Waals surface area (Å²) >= 11 is 0. The van der Waals surface area contributed by atoms with Crippen LogP contribution in [0.25, 0.3) is 11.0 Å². The van der Waals surface area contributed by atoms with E-state index in [0.29, 0.717) is 37.7 Å². The third-order valence-corrected chi connectivity index (χ3v) is 4.69. The van der Waals surface area contributed by atoms with E-state index in [-0.39, 0.29) is 11.8 Å². The Labute approximate surface area is 142 Å². The molecule has 1 aromatic heterocycles. The molecule has 0 spiro atoms. The van der Waals surface area contributed by atoms with Crippen molar-refractivity contribution in [2.75, 3.05) is 26.2 Å². The van der Waals surface area contributed by atoms with Gasteiger partial charge in [0.25, 0.3) is 5.91 Å². The molecule has 1 aromatic carbocycles. The van der Waals surface area contributed by atoms with Crippen LogP contribution in [0.3, 0.4) is 0 Å². The maximum absolute atomic E-state index is 12.7. The molecule has 1 fully saturated rings. The summed E-state index contributed by atoms with van der Waals surface area (Å²) in [6, 6.07) is 5.71. The van der Waals surface area contributed by atoms with Gasteiger partial charge in [0, 0.05) is 51.6 Å². The summed E-state index contributed by atoms with van der Waals surface area (Å²) in [5.74, 6) is 1.43. The highest BCUT2D eigenvalue weighted by molar-refractivity contribution is 5.97. The topological polar surface area (TPSA) is 58.4 Å². The number of rotatable bonds is 2. The molecule has 2 heterocycles. The number of benzene rings is 1. The van der Waals surface area contributed by atoms with Crippen molar-refractivity contribution in [2.45, 2.75) is 26.7 Å². The summed E-state index contributed by atoms with van der Waals surface area (Å²) in [6.45, 7) is 8.16. The van der Waals surface area contributed by atoms with E-state index in [0.717, 1.165) is 16.9 Å². The van der Waals surface area contributed by atoms with E-state index in [1.54, 1.807) is 11.8 Å². The van der Waals surface area contributed by atoms with Crippen LogP contribution in [0.2, 0.25) is 0 Å². The van der Waals surface area contributed by atoms with Crippen LogP contribution < -0.4 is 0 Å². The Morgan fingerprint density at radius 3 is 2.29 bits per heavy atom. The molecule has 1 aliphatic rings. The van der Waals surface area contributed by atoms with Crippen molar-refractivity contribution in [3.05, 3.63) is 29.6 Å². The molecule has 1 saturated heterocycles. The first-order valence-electron chi connectivity index (χ1n) is 8.39. The quantitative estimate of drug-likeness (QED) is 0.847. The molecule has 1 aliphatic heterocycles. The second kappa shape index (κ2) is 6.26. The lowest BCUT2D eigenvalue weighted by Gasteiger charge is -2.34. The second-order valence-electron chi connectivity index (χ2n) is 6.69. The van der Waals surface area contributed by atoms with Crippen molar-refractivity contribution in [1.82, 2.24) is 19.4 Å². The number of carbonyl (C=O) groups excluding carboxylic acids is 2. The van der Waals surface area contributed by atoms with Crippen LogP contribution in [0, 0.1) is 0 Å². The minimum Gasteiger partial charge on any atom is -0.339 e. The van der Waals surface area contributed by atoms with Gasteiger partial charge in [-0.15, -0.1) is 0 Å². The van der Waals surface area contributed by atoms with E-state index in [9.17, 15) is 9.59 Å². The van der Waals surface area contributed by atoms with Gasteiger partial charge in [-0.05, 0) is 18.2 Å². The molecule has 24 heavy (non-hydrogen) atoms. The van der Waals surface area contributed by atoms with E-state index in [1.807, 2.05) is 30.1 Å². The van der Waals surface area contributed by atoms with Crippen LogP contribution in [0.4, 0.5) is 0 Å². The first-order chi connectivity index (χ1) is 11.4. The van der Waals surface area contributed by atoms with Gasteiger partial charge in [0.05, 0.1) is 11.0 Å². The molecule has 0 unspecified atom stereocenters. The SMILES string of the molecule is CC(=O)N1CCN(C(=O)c2ccc3c(c2)nc(C(C)C)n3C)CC1. The third kappa shape index (κ3) is 2.88. The van der Waals surface area contributed by atoms with Crippen LogP contribution in [0.5, 0.6) is 0 Å². The van der Waals surface area contributed by atoms with Crippen molar-refractivity contribution >= 4 is 22.8 Å². The predicted molar refractivity (Wildman–Crippen MR) is 93.0 cm³/mol. The second-order valence-corrected chi connectivity index (χ2v) is 6.69. The van der Waals surface area contributed by atoms with Crippen molar-refractivity contribution in [2.24, 2.45) is 7.05 Å². The van der Waals surface area contributed by atoms with Gasteiger partial charge in [-0.25, -0.2) is 4.98 Å². The number of aromatic nitrogens is 2. The van der Waals surface area contributed by atoms with E-state index in [1.165, 1.54) is 0 Å². The Morgan fingerprint density at radius 1 is 1.08 bits per heavy atom. The van der Waals surface area contributed by atoms with Gasteiger partial charge in [0.1, 0.15) is 5.82 Å². The fourth-order valence-corrected chi connectivity index (χ4v) is 3.27. The van der Waals surface area contributed by atoms with Crippen LogP contribution >= 0.6 is 0 Å². The molecule has 0 saturated carbocycles. The molecular formula is C18H24N4O2. The molecule has 6 nitrogen and oxygen atoms in total. The maximum atomic E-state index is 12.7. The predicted octanol–water partition coefficient (Wildman–Crippen LogP) is 2.00. The van der Waals surface area contributed by atoms with Gasteiger partial charge in [-0.3, -0.25) is 9.59 Å². The van der Waals surface area contributed by atoms with Gasteiger partial charge in [-0.1, -0.05) is 13.8 Å². The number of aryl methyl sites for hydroxylation is 1. The number of hydrogen-bond acceptors (Lipinski definition) is 3. The molecule has 0 bridgehead atoms. The van der Waals surface area contributed by atoms with Crippen LogP contribution in [0.1, 0.15) is 42.9 Å². The fraction of sp³-hybridized carbons (Fsp3) is 0.500. The van der Waals surface area contributed by atoms with Crippen LogP contribution in [-0.4, -0.2) is 57.3 Å². The normalized spacial score (nSPS) is 15.4. The van der Waals surface area contributed by atoms with Gasteiger partial charge >= 0.3 is 0 Å². The van der Waals surface area contributed by atoms with Crippen LogP contribution in [-0.2, 0) is 11.8 Å². The highest BCUT2D eigenvalue weighted by Crippen LogP contribution is 2.22. The van der Waals surface area contributed by atoms with Crippen molar-refractivity contribution in [3.63, 3.8) is 0 Å². The standard InChI is InChI=1S/C18H24N4O2/c1-12(2)17-19-15-11-14(5-6-16(15)20(17)4)18(24)22-9-7-21(8-10-22)13(3)23/h5-6,11-12H,7-10H2,1-4H3. The van der Waals surface area contributed by atoms with Gasteiger partial charge < -0.3 is 14.4 Å². The number of imidazole rings is 1. The Hall–Kier alpha value is -2.37. The lowest BCUT2D eigenvalue weighted by Crippen LogP contribution is -2.50. The number of fused-ring (bicyclic) bond motifs is 1. The van der Waals surface area contributed by atoms with Gasteiger partial charge in [-0.2, -0.15) is 0 Å². The lowest BCUT2D eigenvalue weighted by molar-refractivity contribution is -0.130. The summed E-state index contributed by atoms with van der Waals surface area (Å²) in [5, 5.41) is 0. The molecule has 0 N–H and O–H groups in total. The third-order valence-electron chi connectivity index (χ3n) is 4.69. The summed E-state index contributed by atoms with van der Waals surface area (Å²) in [5.41, 5.74) is 2.55. The Bertz CT molecular complexity index is 786. The summed E-state index contributed by atoms with van der Waals surface area (Å²) < 4.78 is 2.08. The number of nitrogens with zero attached hydrogens (tertiary/aromatic N) is 4. The van der Waals surface area contributed by atoms with Crippen molar-refractivity contribution in [3.8, 4) is 0 Å². The molecule has 3 rings (SSSR count). The minimum absolute atomic E-state index is 0.0110. The Morgan fingerprint density at radius 2 is 1.71 bits per heavy atom. The highest BCUT2D eigenvalue weighted by atomic mass is 16.2. The maximum Gasteiger partial charge on any atom is 0.254 e. The Kier molecular flexibility index (Phi) is 4.30. The van der Waals surface area contributed by atoms with Crippen LogP contribution in [0.15, 0.2) is 18.2 Å². The first kappa shape index (κ1) is 16.5. The smallest absolute Gasteiger partial charge is 0.254 e. The average Bonchev–Trinajstić information content (AvgIpc) is 2.91. The highest BCUT2D eigenvalue weighted by Gasteiger charge is 2.23. The molecule has 2 amide bonds. The number of carbonyl (C=O) groups is 2. The molecule has 128 valence electrons. The van der Waals surface area contributed by atoms with E-state index < -0.39 is 0 Å². The van der Waals surface area contributed by atoms with E-state index in [4.69, 9.17) is 0 Å². The Balaban J connectivity index is 1.82. The van der Waals surface area contributed by atoms with E-state index >= 15 is 0 Å². The molecule has 0 radical (unpaired) electrons. The fourth-order valence-electron chi connectivity index (χ4n) is 3.27. The zero-order valence-corrected chi connectivity index (χ0v) is 14.7. The monoisotopic (exact) mass is 328 g/mol. The lowest BCUT2D eigenvalue weighted by atomic mass is 10.1. The van der Waals surface area contributed by atoms with Gasteiger partial charge in [0.15, 0.2) is 0 Å². The minimum atomic E-state index is 0.0110. The number of hydrogen-bond donors (Lipinski definition) is 0. The summed E-state index contributed by atoms with van der Waals surface area (Å²) in [4.78, 5) is 32.4. The van der Waals surface area contributed by atoms with Crippen molar-refractivity contribution in [1.29, 1.82) is 0 Å². The molecule has 0 atom stereocenters. The van der Waals surface area contributed by atoms with Gasteiger partial charge in [0.2, 0.25) is 5.91 Å². The van der Waals surface area contributed by atoms with Crippen molar-refractivity contribution < 1.29 is 9.59 Å². The number of amides is 2. The number of piperazine rings is 1. The van der Waals surface area contributed by atoms with E-state index in [2.05, 4.69) is 23.4 Å². The largest absolute Gasteiger partial charge is 0.339 e. The summed E-state index contributed by atoms with van der Waals surface area (Å²) in [6.07, 6.45) is 0. The molecule has 0 aliphatic carbocycles. The molecule has 2 aromatic rings. The zero-order chi connectivity index (χ0) is 17.4.